The monoisotopic (exact) mass is 330 g/mol. The Morgan fingerprint density at radius 1 is 1.17 bits per heavy atom. The molecule has 1 aromatic rings. The number of carbonyl (C=O) groups is 2. The van der Waals surface area contributed by atoms with E-state index in [2.05, 4.69) is 27.5 Å². The van der Waals surface area contributed by atoms with Gasteiger partial charge in [-0.3, -0.25) is 9.59 Å². The van der Waals surface area contributed by atoms with Gasteiger partial charge in [0, 0.05) is 56.4 Å². The first-order chi connectivity index (χ1) is 11.6. The van der Waals surface area contributed by atoms with Gasteiger partial charge in [-0.2, -0.15) is 0 Å². The van der Waals surface area contributed by atoms with Gasteiger partial charge < -0.3 is 20.4 Å². The van der Waals surface area contributed by atoms with Crippen molar-refractivity contribution in [2.24, 2.45) is 0 Å². The fraction of sp³-hybridized carbons (Fsp3) is 0.556. The lowest BCUT2D eigenvalue weighted by Crippen LogP contribution is -2.44. The number of amides is 2. The Bertz CT molecular complexity index is 579. The summed E-state index contributed by atoms with van der Waals surface area (Å²) < 4.78 is 0. The molecule has 2 N–H and O–H groups in total. The smallest absolute Gasteiger partial charge is 0.251 e. The number of benzene rings is 1. The second kappa shape index (κ2) is 7.66. The minimum absolute atomic E-state index is 0.0169. The summed E-state index contributed by atoms with van der Waals surface area (Å²) in [6.07, 6.45) is 2.11. The van der Waals surface area contributed by atoms with Gasteiger partial charge in [0.25, 0.3) is 5.91 Å². The largest absolute Gasteiger partial charge is 0.369 e. The summed E-state index contributed by atoms with van der Waals surface area (Å²) >= 11 is 0. The molecule has 24 heavy (non-hydrogen) atoms. The van der Waals surface area contributed by atoms with Crippen LogP contribution in [0.4, 0.5) is 5.69 Å². The van der Waals surface area contributed by atoms with E-state index in [0.29, 0.717) is 18.5 Å². The zero-order valence-electron chi connectivity index (χ0n) is 14.3. The van der Waals surface area contributed by atoms with E-state index in [4.69, 9.17) is 0 Å². The van der Waals surface area contributed by atoms with Gasteiger partial charge in [-0.25, -0.2) is 0 Å². The molecular weight excluding hydrogens is 304 g/mol. The lowest BCUT2D eigenvalue weighted by Gasteiger charge is -2.34. The fourth-order valence-electron chi connectivity index (χ4n) is 3.25. The van der Waals surface area contributed by atoms with Crippen molar-refractivity contribution in [1.29, 1.82) is 0 Å². The molecule has 130 valence electrons. The van der Waals surface area contributed by atoms with E-state index in [1.54, 1.807) is 0 Å². The summed E-state index contributed by atoms with van der Waals surface area (Å²) in [5, 5.41) is 5.83. The van der Waals surface area contributed by atoms with Crippen molar-refractivity contribution in [3.8, 4) is 0 Å². The number of carbonyl (C=O) groups excluding carboxylic acids is 2. The van der Waals surface area contributed by atoms with Crippen molar-refractivity contribution in [3.05, 3.63) is 29.8 Å². The van der Waals surface area contributed by atoms with Crippen LogP contribution >= 0.6 is 0 Å². The Balaban J connectivity index is 1.58. The predicted octanol–water partition coefficient (Wildman–Crippen LogP) is 0.837. The summed E-state index contributed by atoms with van der Waals surface area (Å²) in [7, 11) is 2.14. The van der Waals surface area contributed by atoms with Gasteiger partial charge in [0.2, 0.25) is 5.91 Å². The molecule has 1 atom stereocenters. The average Bonchev–Trinajstić information content (AvgIpc) is 2.79. The molecule has 3 rings (SSSR count). The first kappa shape index (κ1) is 16.8. The highest BCUT2D eigenvalue weighted by Gasteiger charge is 2.20. The lowest BCUT2D eigenvalue weighted by molar-refractivity contribution is -0.121. The van der Waals surface area contributed by atoms with Gasteiger partial charge in [0.15, 0.2) is 0 Å². The molecule has 0 saturated carbocycles. The van der Waals surface area contributed by atoms with Crippen LogP contribution in [0.15, 0.2) is 24.3 Å². The Hall–Kier alpha value is -2.08. The maximum Gasteiger partial charge on any atom is 0.251 e. The Morgan fingerprint density at radius 2 is 1.88 bits per heavy atom. The van der Waals surface area contributed by atoms with Gasteiger partial charge >= 0.3 is 0 Å². The standard InChI is InChI=1S/C18H26N4O2/c1-21-9-11-22(12-10-21)16-6-4-14(5-7-16)18(24)20-15-3-2-8-19-17(23)13-15/h4-7,15H,2-3,8-13H2,1H3,(H,19,23)(H,20,24). The van der Waals surface area contributed by atoms with Gasteiger partial charge in [-0.1, -0.05) is 0 Å². The van der Waals surface area contributed by atoms with Crippen molar-refractivity contribution in [2.45, 2.75) is 25.3 Å². The normalized spacial score (nSPS) is 22.6. The van der Waals surface area contributed by atoms with Gasteiger partial charge in [0.05, 0.1) is 0 Å². The van der Waals surface area contributed by atoms with Gasteiger partial charge in [-0.05, 0) is 44.2 Å². The fourth-order valence-corrected chi connectivity index (χ4v) is 3.25. The van der Waals surface area contributed by atoms with Crippen molar-refractivity contribution in [3.63, 3.8) is 0 Å². The number of nitrogens with zero attached hydrogens (tertiary/aromatic N) is 2. The molecule has 1 unspecified atom stereocenters. The molecule has 0 aromatic heterocycles. The molecule has 6 nitrogen and oxygen atoms in total. The minimum Gasteiger partial charge on any atom is -0.369 e. The molecule has 1 aromatic carbocycles. The molecule has 2 fully saturated rings. The zero-order chi connectivity index (χ0) is 16.9. The first-order valence-electron chi connectivity index (χ1n) is 8.73. The number of rotatable bonds is 3. The van der Waals surface area contributed by atoms with Crippen LogP contribution in [0.5, 0.6) is 0 Å². The third kappa shape index (κ3) is 4.26. The van der Waals surface area contributed by atoms with E-state index >= 15 is 0 Å². The molecule has 2 amide bonds. The molecule has 2 saturated heterocycles. The van der Waals surface area contributed by atoms with Crippen molar-refractivity contribution < 1.29 is 9.59 Å². The number of nitrogens with one attached hydrogen (secondary N) is 2. The van der Waals surface area contributed by atoms with E-state index in [9.17, 15) is 9.59 Å². The first-order valence-corrected chi connectivity index (χ1v) is 8.73. The van der Waals surface area contributed by atoms with E-state index < -0.39 is 0 Å². The number of hydrogen-bond donors (Lipinski definition) is 2. The van der Waals surface area contributed by atoms with Gasteiger partial charge in [0.1, 0.15) is 0 Å². The highest BCUT2D eigenvalue weighted by molar-refractivity contribution is 5.95. The van der Waals surface area contributed by atoms with Crippen molar-refractivity contribution in [2.75, 3.05) is 44.7 Å². The third-order valence-corrected chi connectivity index (χ3v) is 4.82. The molecule has 2 aliphatic rings. The second-order valence-corrected chi connectivity index (χ2v) is 6.70. The highest BCUT2D eigenvalue weighted by Crippen LogP contribution is 2.17. The number of likely N-dealkylation sites (N-methyl/N-ethyl adjacent to an activating group) is 1. The van der Waals surface area contributed by atoms with Crippen LogP contribution in [0, 0.1) is 0 Å². The number of piperazine rings is 1. The van der Waals surface area contributed by atoms with Crippen LogP contribution < -0.4 is 15.5 Å². The molecule has 6 heteroatoms. The summed E-state index contributed by atoms with van der Waals surface area (Å²) in [4.78, 5) is 28.6. The Morgan fingerprint density at radius 3 is 2.58 bits per heavy atom. The SMILES string of the molecule is CN1CCN(c2ccc(C(=O)NC3CCCNC(=O)C3)cc2)CC1. The highest BCUT2D eigenvalue weighted by atomic mass is 16.2. The third-order valence-electron chi connectivity index (χ3n) is 4.82. The molecule has 0 radical (unpaired) electrons. The van der Waals surface area contributed by atoms with Crippen LogP contribution in [-0.2, 0) is 4.79 Å². The van der Waals surface area contributed by atoms with Gasteiger partial charge in [-0.15, -0.1) is 0 Å². The van der Waals surface area contributed by atoms with Crippen LogP contribution in [0.25, 0.3) is 0 Å². The lowest BCUT2D eigenvalue weighted by atomic mass is 10.1. The quantitative estimate of drug-likeness (QED) is 0.862. The zero-order valence-corrected chi connectivity index (χ0v) is 14.3. The number of hydrogen-bond acceptors (Lipinski definition) is 4. The second-order valence-electron chi connectivity index (χ2n) is 6.70. The van der Waals surface area contributed by atoms with E-state index in [1.807, 2.05) is 24.3 Å². The van der Waals surface area contributed by atoms with Crippen LogP contribution in [0.3, 0.4) is 0 Å². The van der Waals surface area contributed by atoms with E-state index in [0.717, 1.165) is 44.7 Å². The number of anilines is 1. The molecular formula is C18H26N4O2. The average molecular weight is 330 g/mol. The van der Waals surface area contributed by atoms with Crippen LogP contribution in [-0.4, -0.2) is 62.5 Å². The van der Waals surface area contributed by atoms with Crippen LogP contribution in [0.2, 0.25) is 0 Å². The molecule has 0 bridgehead atoms. The maximum absolute atomic E-state index is 12.4. The summed E-state index contributed by atoms with van der Waals surface area (Å²) in [5.41, 5.74) is 1.81. The molecule has 0 spiro atoms. The topological polar surface area (TPSA) is 64.7 Å². The summed E-state index contributed by atoms with van der Waals surface area (Å²) in [6.45, 7) is 4.85. The minimum atomic E-state index is -0.0976. The van der Waals surface area contributed by atoms with E-state index in [-0.39, 0.29) is 17.9 Å². The van der Waals surface area contributed by atoms with Crippen LogP contribution in [0.1, 0.15) is 29.6 Å². The molecule has 2 heterocycles. The Kier molecular flexibility index (Phi) is 5.35. The molecule has 0 aliphatic carbocycles. The van der Waals surface area contributed by atoms with E-state index in [1.165, 1.54) is 0 Å². The maximum atomic E-state index is 12.4. The summed E-state index contributed by atoms with van der Waals surface area (Å²) in [5.74, 6) is -0.0807. The van der Waals surface area contributed by atoms with Crippen molar-refractivity contribution >= 4 is 17.5 Å². The van der Waals surface area contributed by atoms with Crippen molar-refractivity contribution in [1.82, 2.24) is 15.5 Å². The molecule has 2 aliphatic heterocycles. The Labute approximate surface area is 143 Å². The summed E-state index contributed by atoms with van der Waals surface area (Å²) in [6, 6.07) is 7.71. The predicted molar refractivity (Wildman–Crippen MR) is 94.3 cm³/mol.